The second-order valence-electron chi connectivity index (χ2n) is 3.39. The zero-order chi connectivity index (χ0) is 13.8. The molecule has 0 saturated heterocycles. The Morgan fingerprint density at radius 1 is 1.42 bits per heavy atom. The van der Waals surface area contributed by atoms with Gasteiger partial charge in [0.1, 0.15) is 0 Å². The minimum Gasteiger partial charge on any atom is -0.330 e. The lowest BCUT2D eigenvalue weighted by atomic mass is 10.3. The van der Waals surface area contributed by atoms with Crippen molar-refractivity contribution in [3.63, 3.8) is 0 Å². The molecule has 0 bridgehead atoms. The summed E-state index contributed by atoms with van der Waals surface area (Å²) in [6.07, 6.45) is 0.428. The number of halogens is 2. The van der Waals surface area contributed by atoms with Crippen LogP contribution < -0.4 is 10.5 Å². The van der Waals surface area contributed by atoms with Gasteiger partial charge in [0.05, 0.1) is 9.95 Å². The van der Waals surface area contributed by atoms with Gasteiger partial charge in [0.25, 0.3) is 5.69 Å². The molecule has 0 radical (unpaired) electrons. The summed E-state index contributed by atoms with van der Waals surface area (Å²) in [5, 5.41) is 10.6. The highest BCUT2D eigenvalue weighted by atomic mass is 35.5. The highest BCUT2D eigenvalue weighted by Crippen LogP contribution is 2.30. The van der Waals surface area contributed by atoms with Crippen molar-refractivity contribution in [2.24, 2.45) is 5.73 Å². The lowest BCUT2D eigenvalue weighted by Crippen LogP contribution is -2.27. The molecule has 1 aromatic rings. The maximum Gasteiger partial charge on any atom is 0.290 e. The molecule has 0 aromatic heterocycles. The molecule has 1 aromatic carbocycles. The lowest BCUT2D eigenvalue weighted by molar-refractivity contribution is -0.387. The first-order valence-corrected chi connectivity index (χ1v) is 6.89. The highest BCUT2D eigenvalue weighted by molar-refractivity contribution is 7.89. The molecule has 0 aliphatic rings. The Morgan fingerprint density at radius 2 is 2.05 bits per heavy atom. The van der Waals surface area contributed by atoms with Crippen molar-refractivity contribution in [1.29, 1.82) is 0 Å². The maximum atomic E-state index is 11.9. The van der Waals surface area contributed by atoms with Crippen molar-refractivity contribution in [3.8, 4) is 0 Å². The van der Waals surface area contributed by atoms with Crippen molar-refractivity contribution in [2.45, 2.75) is 11.3 Å². The van der Waals surface area contributed by atoms with Gasteiger partial charge in [0, 0.05) is 12.6 Å². The highest BCUT2D eigenvalue weighted by Gasteiger charge is 2.28. The van der Waals surface area contributed by atoms with Crippen LogP contribution in [-0.2, 0) is 10.0 Å². The molecule has 10 heteroatoms. The number of hydrogen-bond acceptors (Lipinski definition) is 5. The van der Waals surface area contributed by atoms with Crippen LogP contribution in [0, 0.1) is 10.1 Å². The zero-order valence-corrected chi connectivity index (χ0v) is 12.1. The summed E-state index contributed by atoms with van der Waals surface area (Å²) in [4.78, 5) is 9.48. The molecule has 3 N–H and O–H groups in total. The molecule has 1 rings (SSSR count). The van der Waals surface area contributed by atoms with E-state index in [1.54, 1.807) is 0 Å². The quantitative estimate of drug-likeness (QED) is 0.463. The molecule has 0 fully saturated rings. The fourth-order valence-corrected chi connectivity index (χ4v) is 3.06. The summed E-state index contributed by atoms with van der Waals surface area (Å²) < 4.78 is 26.0. The van der Waals surface area contributed by atoms with Crippen LogP contribution in [0.25, 0.3) is 0 Å². The van der Waals surface area contributed by atoms with Gasteiger partial charge in [-0.1, -0.05) is 17.7 Å². The molecule has 0 heterocycles. The van der Waals surface area contributed by atoms with E-state index in [9.17, 15) is 18.5 Å². The first-order valence-electron chi connectivity index (χ1n) is 5.03. The van der Waals surface area contributed by atoms with Crippen LogP contribution >= 0.6 is 24.0 Å². The predicted octanol–water partition coefficient (Wildman–Crippen LogP) is 1.30. The van der Waals surface area contributed by atoms with E-state index in [0.717, 1.165) is 6.07 Å². The average Bonchev–Trinajstić information content (AvgIpc) is 2.28. The predicted molar refractivity (Wildman–Crippen MR) is 74.2 cm³/mol. The van der Waals surface area contributed by atoms with Crippen LogP contribution in [0.15, 0.2) is 23.1 Å². The first kappa shape index (κ1) is 18.1. The monoisotopic (exact) mass is 329 g/mol. The van der Waals surface area contributed by atoms with Crippen LogP contribution in [0.1, 0.15) is 6.42 Å². The number of benzene rings is 1. The number of nitrogens with two attached hydrogens (primary N) is 1. The Hall–Kier alpha value is -0.930. The van der Waals surface area contributed by atoms with E-state index in [0.29, 0.717) is 13.0 Å². The molecule has 0 spiro atoms. The van der Waals surface area contributed by atoms with E-state index in [-0.39, 0.29) is 24.0 Å². The molecule has 0 saturated carbocycles. The van der Waals surface area contributed by atoms with Crippen LogP contribution in [0.3, 0.4) is 0 Å². The van der Waals surface area contributed by atoms with E-state index in [1.165, 1.54) is 12.1 Å². The summed E-state index contributed by atoms with van der Waals surface area (Å²) in [5.41, 5.74) is 4.68. The molecule has 19 heavy (non-hydrogen) atoms. The van der Waals surface area contributed by atoms with Crippen molar-refractivity contribution >= 4 is 39.7 Å². The molecule has 0 unspecified atom stereocenters. The molecule has 108 valence electrons. The fourth-order valence-electron chi connectivity index (χ4n) is 1.29. The van der Waals surface area contributed by atoms with Gasteiger partial charge < -0.3 is 5.73 Å². The Bertz CT molecular complexity index is 550. The summed E-state index contributed by atoms with van der Waals surface area (Å²) in [6.45, 7) is 0.411. The largest absolute Gasteiger partial charge is 0.330 e. The second kappa shape index (κ2) is 7.61. The molecule has 0 aliphatic carbocycles. The van der Waals surface area contributed by atoms with Gasteiger partial charge in [0.2, 0.25) is 10.0 Å². The smallest absolute Gasteiger partial charge is 0.290 e. The normalized spacial score (nSPS) is 10.8. The third-order valence-corrected chi connectivity index (χ3v) is 4.06. The molecule has 7 nitrogen and oxygen atoms in total. The molecule has 0 amide bonds. The van der Waals surface area contributed by atoms with Gasteiger partial charge in [-0.05, 0) is 19.0 Å². The summed E-state index contributed by atoms with van der Waals surface area (Å²) in [7, 11) is -4.02. The van der Waals surface area contributed by atoms with Gasteiger partial charge in [-0.3, -0.25) is 10.1 Å². The Kier molecular flexibility index (Phi) is 7.24. The van der Waals surface area contributed by atoms with Crippen LogP contribution in [-0.4, -0.2) is 26.4 Å². The fraction of sp³-hybridized carbons (Fsp3) is 0.333. The summed E-state index contributed by atoms with van der Waals surface area (Å²) in [6, 6.07) is 3.69. The third kappa shape index (κ3) is 4.59. The van der Waals surface area contributed by atoms with Gasteiger partial charge in [-0.25, -0.2) is 13.1 Å². The second-order valence-corrected chi connectivity index (χ2v) is 5.50. The number of nitrogens with zero attached hydrogens (tertiary/aromatic N) is 1. The number of nitro groups is 1. The van der Waals surface area contributed by atoms with E-state index in [4.69, 9.17) is 17.3 Å². The van der Waals surface area contributed by atoms with Gasteiger partial charge in [-0.15, -0.1) is 12.4 Å². The van der Waals surface area contributed by atoms with Gasteiger partial charge in [0.15, 0.2) is 4.90 Å². The van der Waals surface area contributed by atoms with Crippen molar-refractivity contribution in [3.05, 3.63) is 33.3 Å². The number of rotatable bonds is 6. The first-order chi connectivity index (χ1) is 8.40. The van der Waals surface area contributed by atoms with E-state index < -0.39 is 25.5 Å². The van der Waals surface area contributed by atoms with E-state index in [2.05, 4.69) is 4.72 Å². The molecule has 0 aliphatic heterocycles. The standard InChI is InChI=1S/C9H12ClN3O4S.ClH/c10-7-3-1-4-8(13(14)15)9(7)18(16,17)12-6-2-5-11;/h1,3-4,12H,2,5-6,11H2;1H. The third-order valence-electron chi connectivity index (χ3n) is 2.08. The number of sulfonamides is 1. The number of nitro benzene ring substituents is 1. The Morgan fingerprint density at radius 3 is 2.58 bits per heavy atom. The van der Waals surface area contributed by atoms with Crippen LogP contribution in [0.2, 0.25) is 5.02 Å². The molecule has 0 atom stereocenters. The molecular formula is C9H13Cl2N3O4S. The Labute approximate surface area is 121 Å². The van der Waals surface area contributed by atoms with Gasteiger partial charge in [-0.2, -0.15) is 0 Å². The van der Waals surface area contributed by atoms with Crippen molar-refractivity contribution < 1.29 is 13.3 Å². The van der Waals surface area contributed by atoms with Crippen molar-refractivity contribution in [2.75, 3.05) is 13.1 Å². The van der Waals surface area contributed by atoms with Crippen LogP contribution in [0.4, 0.5) is 5.69 Å². The van der Waals surface area contributed by atoms with Gasteiger partial charge >= 0.3 is 0 Å². The summed E-state index contributed by atoms with van der Waals surface area (Å²) in [5.74, 6) is 0. The SMILES string of the molecule is Cl.NCCCNS(=O)(=O)c1c(Cl)cccc1[N+](=O)[O-]. The topological polar surface area (TPSA) is 115 Å². The minimum atomic E-state index is -4.02. The van der Waals surface area contributed by atoms with E-state index >= 15 is 0 Å². The average molecular weight is 330 g/mol. The molecular weight excluding hydrogens is 317 g/mol. The van der Waals surface area contributed by atoms with E-state index in [1.807, 2.05) is 0 Å². The summed E-state index contributed by atoms with van der Waals surface area (Å²) >= 11 is 5.72. The zero-order valence-electron chi connectivity index (χ0n) is 9.71. The minimum absolute atomic E-state index is 0. The maximum absolute atomic E-state index is 11.9. The number of hydrogen-bond donors (Lipinski definition) is 2. The van der Waals surface area contributed by atoms with Crippen LogP contribution in [0.5, 0.6) is 0 Å². The Balaban J connectivity index is 0.00000324. The number of nitrogens with one attached hydrogen (secondary N) is 1. The van der Waals surface area contributed by atoms with Crippen molar-refractivity contribution in [1.82, 2.24) is 4.72 Å². The lowest BCUT2D eigenvalue weighted by Gasteiger charge is -2.08.